The van der Waals surface area contributed by atoms with Crippen molar-refractivity contribution in [2.24, 2.45) is 5.92 Å². The second-order valence-corrected chi connectivity index (χ2v) is 25.7. The van der Waals surface area contributed by atoms with Gasteiger partial charge in [-0.15, -0.1) is 0 Å². The zero-order valence-corrected chi connectivity index (χ0v) is 54.6. The molecule has 6 amide bonds. The van der Waals surface area contributed by atoms with Gasteiger partial charge >= 0.3 is 17.9 Å². The first kappa shape index (κ1) is 74.2. The molecule has 0 bridgehead atoms. The molecule has 0 radical (unpaired) electrons. The van der Waals surface area contributed by atoms with Crippen LogP contribution in [0.2, 0.25) is 0 Å². The number of ether oxygens (including phenoxy) is 1. The number of rotatable bonds is 33. The van der Waals surface area contributed by atoms with Crippen LogP contribution >= 0.6 is 34.4 Å². The number of carboxylic acids is 3. The molecule has 8 N–H and O–H groups in total. The van der Waals surface area contributed by atoms with Crippen molar-refractivity contribution in [3.05, 3.63) is 69.4 Å². The number of aliphatic carboxylic acids is 3. The van der Waals surface area contributed by atoms with Crippen molar-refractivity contribution in [2.75, 3.05) is 136 Å². The van der Waals surface area contributed by atoms with Gasteiger partial charge in [-0.3, -0.25) is 67.7 Å². The molecule has 3 saturated heterocycles. The number of benzene rings is 2. The van der Waals surface area contributed by atoms with E-state index in [1.165, 1.54) is 24.0 Å². The van der Waals surface area contributed by atoms with Crippen LogP contribution in [0.25, 0.3) is 10.9 Å². The number of aromatic nitrogens is 1. The van der Waals surface area contributed by atoms with Crippen LogP contribution in [0.1, 0.15) is 80.1 Å². The summed E-state index contributed by atoms with van der Waals surface area (Å²) in [6.07, 6.45) is 5.62. The van der Waals surface area contributed by atoms with Gasteiger partial charge in [0.25, 0.3) is 17.7 Å². The molecule has 3 aliphatic heterocycles. The third-order valence-corrected chi connectivity index (χ3v) is 18.0. The number of carbonyl (C=O) groups is 9. The Morgan fingerprint density at radius 3 is 1.98 bits per heavy atom. The summed E-state index contributed by atoms with van der Waals surface area (Å²) in [5.41, 5.74) is 1.83. The Morgan fingerprint density at radius 1 is 0.750 bits per heavy atom. The average molecular weight is 1420 g/mol. The first-order valence-corrected chi connectivity index (χ1v) is 33.3. The monoisotopic (exact) mass is 1420 g/mol. The number of unbranched alkanes of at least 4 members (excludes halogenated alkanes) is 1. The Labute approximate surface area is 551 Å². The van der Waals surface area contributed by atoms with Gasteiger partial charge in [-0.25, -0.2) is 8.78 Å². The van der Waals surface area contributed by atoms with E-state index >= 15 is 0 Å². The van der Waals surface area contributed by atoms with Gasteiger partial charge < -0.3 is 56.2 Å². The number of carbonyl (C=O) groups excluding carboxylic acids is 6. The number of hydrogen-bond acceptors (Lipinski definition) is 18. The van der Waals surface area contributed by atoms with Gasteiger partial charge in [-0.1, -0.05) is 18.6 Å². The minimum atomic E-state index is -3.18. The summed E-state index contributed by atoms with van der Waals surface area (Å²) in [6.45, 7) is 0.688. The van der Waals surface area contributed by atoms with Gasteiger partial charge in [0.2, 0.25) is 23.6 Å². The molecule has 3 aliphatic rings. The minimum Gasteiger partial charge on any atom is -0.494 e. The molecule has 26 nitrogen and oxygen atoms in total. The third-order valence-electron chi connectivity index (χ3n) is 16.2. The molecule has 3 aromatic rings. The molecule has 0 aliphatic carbocycles. The minimum absolute atomic E-state index is 0.0851. The van der Waals surface area contributed by atoms with E-state index < -0.39 is 85.2 Å². The highest BCUT2D eigenvalue weighted by molar-refractivity contribution is 14.1. The molecule has 0 saturated carbocycles. The van der Waals surface area contributed by atoms with E-state index in [1.807, 2.05) is 24.3 Å². The average Bonchev–Trinajstić information content (AvgIpc) is 1.16. The quantitative estimate of drug-likeness (QED) is 0.0320. The summed E-state index contributed by atoms with van der Waals surface area (Å²) < 4.78 is 34.9. The molecular formula is C62H85F2IN12O14S. The Bertz CT molecular complexity index is 2990. The Kier molecular flexibility index (Phi) is 30.9. The maximum atomic E-state index is 13.9. The number of hydrogen-bond donors (Lipinski definition) is 8. The largest absolute Gasteiger partial charge is 0.494 e. The number of alkyl halides is 2. The number of pyridine rings is 1. The lowest BCUT2D eigenvalue weighted by Gasteiger charge is -2.33. The standard InChI is InChI=1S/C62H85F2IN12O14S/c63-62(64)34-46(35-66)77(42-62)55(81)36-70-59(88)48-15-19-67-50-14-13-47(33-49(48)50)91-31-2-1-5-44-16-21-76(22-17-44)61(90)52(78)41-92-32-20-69-60(89)51(7-4-18-68-53(79)8-3-6-43-9-11-45(65)12-10-43)71-54(80)37-72-23-25-73(38-56(82)83)27-29-75(40-58(86)87)30-28-74(26-24-72)39-57(84)85/h9-15,19,33,44,46,51-52,78H,1-8,16-18,20-32,34,36-42H2,(H,68,79)(H,69,89)(H,70,88)(H,71,80)(H,82,83)(H,84,85)(H,86,87)/t46-,51+,52-/m1/s1. The number of fused-ring (bicyclic) bond motifs is 1. The van der Waals surface area contributed by atoms with E-state index in [0.29, 0.717) is 67.3 Å². The SMILES string of the molecule is N#C[C@H]1CC(F)(F)CN1C(=O)CNC(=O)c1ccnc2ccc(OCCCCC3CCN(C(=O)[C@H](O)CSCCNC(=O)[C@H](CCCNC(=O)CCCc4ccc(I)cc4)NC(=O)CN4CCN(CC(=O)O)CCN(CC(=O)O)CCN(CC(=O)O)CC4)CC3)cc12. The number of nitrogens with one attached hydrogen (secondary N) is 4. The molecule has 2 aromatic carbocycles. The molecular weight excluding hydrogens is 1330 g/mol. The third kappa shape index (κ3) is 26.2. The van der Waals surface area contributed by atoms with E-state index in [-0.39, 0.29) is 121 Å². The number of aliphatic hydroxyl groups is 1. The van der Waals surface area contributed by atoms with E-state index in [4.69, 9.17) is 4.74 Å². The van der Waals surface area contributed by atoms with Crippen molar-refractivity contribution < 1.29 is 77.1 Å². The van der Waals surface area contributed by atoms with Crippen molar-refractivity contribution >= 4 is 98.6 Å². The Morgan fingerprint density at radius 2 is 1.37 bits per heavy atom. The molecule has 30 heteroatoms. The topological polar surface area (TPSA) is 348 Å². The number of nitrogens with zero attached hydrogens (tertiary/aromatic N) is 8. The molecule has 4 heterocycles. The van der Waals surface area contributed by atoms with Crippen LogP contribution in [0, 0.1) is 20.8 Å². The molecule has 0 unspecified atom stereocenters. The molecule has 3 atom stereocenters. The normalized spacial score (nSPS) is 17.9. The fourth-order valence-electron chi connectivity index (χ4n) is 11.2. The highest BCUT2D eigenvalue weighted by Gasteiger charge is 2.47. The molecule has 0 spiro atoms. The summed E-state index contributed by atoms with van der Waals surface area (Å²) >= 11 is 3.51. The summed E-state index contributed by atoms with van der Waals surface area (Å²) in [6, 6.07) is 14.1. The first-order valence-electron chi connectivity index (χ1n) is 31.1. The van der Waals surface area contributed by atoms with Crippen molar-refractivity contribution in [1.29, 1.82) is 5.26 Å². The Hall–Kier alpha value is -6.89. The smallest absolute Gasteiger partial charge is 0.317 e. The summed E-state index contributed by atoms with van der Waals surface area (Å²) in [5.74, 6) is -8.08. The van der Waals surface area contributed by atoms with Gasteiger partial charge in [0.1, 0.15) is 23.9 Å². The number of nitriles is 1. The zero-order valence-electron chi connectivity index (χ0n) is 51.6. The van der Waals surface area contributed by atoms with Gasteiger partial charge in [0.05, 0.1) is 63.0 Å². The molecule has 92 heavy (non-hydrogen) atoms. The van der Waals surface area contributed by atoms with Crippen molar-refractivity contribution in [3.8, 4) is 11.8 Å². The summed E-state index contributed by atoms with van der Waals surface area (Å²) in [4.78, 5) is 128. The fraction of sp³-hybridized carbons (Fsp3) is 0.597. The molecule has 6 rings (SSSR count). The maximum absolute atomic E-state index is 13.9. The fourth-order valence-corrected chi connectivity index (χ4v) is 12.3. The number of carboxylic acid groups (broad SMARTS) is 3. The molecule has 3 fully saturated rings. The van der Waals surface area contributed by atoms with Crippen molar-refractivity contribution in [1.82, 2.24) is 55.7 Å². The van der Waals surface area contributed by atoms with Crippen LogP contribution in [-0.2, 0) is 44.8 Å². The number of thioether (sulfide) groups is 1. The lowest BCUT2D eigenvalue weighted by atomic mass is 9.91. The number of piperidine rings is 1. The summed E-state index contributed by atoms with van der Waals surface area (Å²) in [5, 5.41) is 60.6. The predicted octanol–water partition coefficient (Wildman–Crippen LogP) is 2.21. The van der Waals surface area contributed by atoms with Gasteiger partial charge in [0.15, 0.2) is 0 Å². The molecule has 504 valence electrons. The maximum Gasteiger partial charge on any atom is 0.317 e. The van der Waals surface area contributed by atoms with Gasteiger partial charge in [0, 0.05) is 118 Å². The lowest BCUT2D eigenvalue weighted by Crippen LogP contribution is -2.52. The second-order valence-electron chi connectivity index (χ2n) is 23.3. The van der Waals surface area contributed by atoms with Crippen LogP contribution < -0.4 is 26.0 Å². The number of amides is 6. The van der Waals surface area contributed by atoms with Crippen LogP contribution in [0.3, 0.4) is 0 Å². The van der Waals surface area contributed by atoms with Crippen molar-refractivity contribution in [2.45, 2.75) is 94.7 Å². The number of halogens is 3. The van der Waals surface area contributed by atoms with Crippen LogP contribution in [0.5, 0.6) is 5.75 Å². The van der Waals surface area contributed by atoms with Crippen LogP contribution in [0.15, 0.2) is 54.7 Å². The number of aliphatic hydroxyl groups excluding tert-OH is 1. The lowest BCUT2D eigenvalue weighted by molar-refractivity contribution is -0.140. The van der Waals surface area contributed by atoms with Gasteiger partial charge in [-0.2, -0.15) is 17.0 Å². The highest BCUT2D eigenvalue weighted by atomic mass is 127. The first-order chi connectivity index (χ1) is 44.0. The number of likely N-dealkylation sites (tertiary alicyclic amines) is 2. The van der Waals surface area contributed by atoms with E-state index in [0.717, 1.165) is 52.6 Å². The Balaban J connectivity index is 0.923. The van der Waals surface area contributed by atoms with E-state index in [1.54, 1.807) is 48.8 Å². The van der Waals surface area contributed by atoms with Crippen LogP contribution in [-0.4, -0.2) is 268 Å². The van der Waals surface area contributed by atoms with Crippen molar-refractivity contribution in [3.63, 3.8) is 0 Å². The summed E-state index contributed by atoms with van der Waals surface area (Å²) in [7, 11) is 0. The van der Waals surface area contributed by atoms with Crippen LogP contribution in [0.4, 0.5) is 8.78 Å². The second kappa shape index (κ2) is 38.3. The predicted molar refractivity (Wildman–Crippen MR) is 345 cm³/mol. The van der Waals surface area contributed by atoms with E-state index in [9.17, 15) is 77.6 Å². The van der Waals surface area contributed by atoms with E-state index in [2.05, 4.69) is 48.8 Å². The highest BCUT2D eigenvalue weighted by Crippen LogP contribution is 2.32. The zero-order chi connectivity index (χ0) is 66.6. The van der Waals surface area contributed by atoms with Gasteiger partial charge in [-0.05, 0) is 122 Å². The molecule has 1 aromatic heterocycles. The number of aryl methyl sites for hydroxylation is 1.